The van der Waals surface area contributed by atoms with Gasteiger partial charge in [0, 0.05) is 5.56 Å². The number of nitriles is 1. The molecule has 0 saturated heterocycles. The van der Waals surface area contributed by atoms with Crippen molar-refractivity contribution < 1.29 is 4.74 Å². The summed E-state index contributed by atoms with van der Waals surface area (Å²) in [6, 6.07) is 6.95. The van der Waals surface area contributed by atoms with Gasteiger partial charge in [-0.05, 0) is 19.1 Å². The van der Waals surface area contributed by atoms with Gasteiger partial charge in [-0.1, -0.05) is 11.2 Å². The highest BCUT2D eigenvalue weighted by Crippen LogP contribution is 2.21. The smallest absolute Gasteiger partial charge is 0.125 e. The van der Waals surface area contributed by atoms with E-state index in [4.69, 9.17) is 10.00 Å². The van der Waals surface area contributed by atoms with E-state index in [0.29, 0.717) is 23.5 Å². The summed E-state index contributed by atoms with van der Waals surface area (Å²) in [4.78, 5) is 10.1. The Balaban J connectivity index is 3.04. The molecular formula is C10H10N2O2. The van der Waals surface area contributed by atoms with Crippen LogP contribution < -0.4 is 4.74 Å². The molecule has 1 aromatic carbocycles. The van der Waals surface area contributed by atoms with Crippen LogP contribution in [-0.2, 0) is 6.54 Å². The Morgan fingerprint density at radius 2 is 2.36 bits per heavy atom. The average molecular weight is 190 g/mol. The molecule has 0 spiro atoms. The Kier molecular flexibility index (Phi) is 3.62. The molecule has 1 aromatic rings. The van der Waals surface area contributed by atoms with Crippen molar-refractivity contribution in [1.82, 2.24) is 0 Å². The summed E-state index contributed by atoms with van der Waals surface area (Å²) in [6.45, 7) is 2.42. The molecule has 0 N–H and O–H groups in total. The number of nitroso groups, excluding NO2 is 1. The largest absolute Gasteiger partial charge is 0.493 e. The van der Waals surface area contributed by atoms with E-state index in [2.05, 4.69) is 5.18 Å². The molecule has 0 atom stereocenters. The van der Waals surface area contributed by atoms with Crippen molar-refractivity contribution in [1.29, 1.82) is 5.26 Å². The van der Waals surface area contributed by atoms with Crippen molar-refractivity contribution in [3.8, 4) is 11.8 Å². The number of benzene rings is 1. The van der Waals surface area contributed by atoms with Gasteiger partial charge < -0.3 is 4.74 Å². The summed E-state index contributed by atoms with van der Waals surface area (Å²) in [5, 5.41) is 11.5. The van der Waals surface area contributed by atoms with Gasteiger partial charge in [-0.25, -0.2) is 0 Å². The van der Waals surface area contributed by atoms with Gasteiger partial charge in [0.2, 0.25) is 0 Å². The van der Waals surface area contributed by atoms with E-state index < -0.39 is 0 Å². The maximum atomic E-state index is 10.1. The SMILES string of the molecule is CCOc1cc(C#N)ccc1CN=O. The standard InChI is InChI=1S/C10H10N2O2/c1-2-14-10-5-8(6-11)3-4-9(10)7-12-13/h3-5H,2,7H2,1H3. The van der Waals surface area contributed by atoms with Crippen molar-refractivity contribution in [3.63, 3.8) is 0 Å². The van der Waals surface area contributed by atoms with Crippen LogP contribution in [-0.4, -0.2) is 6.61 Å². The second kappa shape index (κ2) is 4.97. The molecule has 0 bridgehead atoms. The van der Waals surface area contributed by atoms with E-state index in [1.165, 1.54) is 0 Å². The zero-order valence-electron chi connectivity index (χ0n) is 7.86. The molecule has 14 heavy (non-hydrogen) atoms. The first kappa shape index (κ1) is 10.2. The molecule has 0 amide bonds. The molecule has 72 valence electrons. The van der Waals surface area contributed by atoms with Crippen LogP contribution in [0.25, 0.3) is 0 Å². The van der Waals surface area contributed by atoms with Gasteiger partial charge >= 0.3 is 0 Å². The lowest BCUT2D eigenvalue weighted by molar-refractivity contribution is 0.336. The molecule has 0 unspecified atom stereocenters. The molecule has 0 heterocycles. The third-order valence-electron chi connectivity index (χ3n) is 1.73. The van der Waals surface area contributed by atoms with E-state index in [1.807, 2.05) is 13.0 Å². The number of nitrogens with zero attached hydrogens (tertiary/aromatic N) is 2. The van der Waals surface area contributed by atoms with Crippen molar-refractivity contribution in [2.75, 3.05) is 6.61 Å². The summed E-state index contributed by atoms with van der Waals surface area (Å²) in [7, 11) is 0. The minimum absolute atomic E-state index is 0.0705. The molecule has 0 aromatic heterocycles. The molecule has 4 nitrogen and oxygen atoms in total. The minimum atomic E-state index is 0.0705. The topological polar surface area (TPSA) is 62.4 Å². The summed E-state index contributed by atoms with van der Waals surface area (Å²) >= 11 is 0. The van der Waals surface area contributed by atoms with Crippen LogP contribution in [0.4, 0.5) is 0 Å². The van der Waals surface area contributed by atoms with Crippen molar-refractivity contribution in [2.24, 2.45) is 5.18 Å². The van der Waals surface area contributed by atoms with Crippen molar-refractivity contribution in [2.45, 2.75) is 13.5 Å². The predicted molar refractivity (Wildman–Crippen MR) is 51.8 cm³/mol. The Labute approximate surface area is 82.1 Å². The van der Waals surface area contributed by atoms with Gasteiger partial charge in [-0.2, -0.15) is 10.2 Å². The van der Waals surface area contributed by atoms with E-state index in [9.17, 15) is 4.91 Å². The molecule has 1 rings (SSSR count). The number of hydrogen-bond acceptors (Lipinski definition) is 4. The summed E-state index contributed by atoms with van der Waals surface area (Å²) in [5.41, 5.74) is 1.23. The van der Waals surface area contributed by atoms with E-state index in [0.717, 1.165) is 0 Å². The monoisotopic (exact) mass is 190 g/mol. The highest BCUT2D eigenvalue weighted by atomic mass is 16.5. The number of rotatable bonds is 4. The third kappa shape index (κ3) is 2.30. The van der Waals surface area contributed by atoms with Crippen molar-refractivity contribution in [3.05, 3.63) is 34.2 Å². The van der Waals surface area contributed by atoms with Crippen LogP contribution in [0.2, 0.25) is 0 Å². The molecule has 0 radical (unpaired) electrons. The number of ether oxygens (including phenoxy) is 1. The molecule has 0 saturated carbocycles. The molecule has 0 aliphatic carbocycles. The van der Waals surface area contributed by atoms with Crippen LogP contribution in [0, 0.1) is 16.2 Å². The fraction of sp³-hybridized carbons (Fsp3) is 0.300. The highest BCUT2D eigenvalue weighted by Gasteiger charge is 2.04. The van der Waals surface area contributed by atoms with E-state index in [1.54, 1.807) is 18.2 Å². The third-order valence-corrected chi connectivity index (χ3v) is 1.73. The Morgan fingerprint density at radius 1 is 1.57 bits per heavy atom. The average Bonchev–Trinajstić information content (AvgIpc) is 2.21. The van der Waals surface area contributed by atoms with E-state index >= 15 is 0 Å². The molecule has 0 fully saturated rings. The first-order valence-corrected chi connectivity index (χ1v) is 4.26. The molecular weight excluding hydrogens is 180 g/mol. The lowest BCUT2D eigenvalue weighted by atomic mass is 10.1. The Bertz CT molecular complexity index is 369. The highest BCUT2D eigenvalue weighted by molar-refractivity contribution is 5.42. The minimum Gasteiger partial charge on any atom is -0.493 e. The van der Waals surface area contributed by atoms with Gasteiger partial charge in [0.1, 0.15) is 12.3 Å². The van der Waals surface area contributed by atoms with Crippen LogP contribution in [0.1, 0.15) is 18.1 Å². The Hall–Kier alpha value is -1.89. The maximum absolute atomic E-state index is 10.1. The normalized spacial score (nSPS) is 9.14. The van der Waals surface area contributed by atoms with Crippen LogP contribution in [0.3, 0.4) is 0 Å². The quantitative estimate of drug-likeness (QED) is 0.684. The lowest BCUT2D eigenvalue weighted by Crippen LogP contribution is -1.96. The van der Waals surface area contributed by atoms with Gasteiger partial charge in [0.25, 0.3) is 0 Å². The van der Waals surface area contributed by atoms with Crippen LogP contribution in [0.5, 0.6) is 5.75 Å². The van der Waals surface area contributed by atoms with E-state index in [-0.39, 0.29) is 6.54 Å². The fourth-order valence-electron chi connectivity index (χ4n) is 1.11. The Morgan fingerprint density at radius 3 is 2.93 bits per heavy atom. The number of hydrogen-bond donors (Lipinski definition) is 0. The zero-order valence-corrected chi connectivity index (χ0v) is 7.86. The van der Waals surface area contributed by atoms with Crippen LogP contribution >= 0.6 is 0 Å². The van der Waals surface area contributed by atoms with Gasteiger partial charge in [-0.15, -0.1) is 0 Å². The van der Waals surface area contributed by atoms with Gasteiger partial charge in [0.05, 0.1) is 18.2 Å². The first-order chi connectivity index (χ1) is 6.81. The fourth-order valence-corrected chi connectivity index (χ4v) is 1.11. The second-order valence-electron chi connectivity index (χ2n) is 2.65. The first-order valence-electron chi connectivity index (χ1n) is 4.26. The van der Waals surface area contributed by atoms with Gasteiger partial charge in [-0.3, -0.25) is 0 Å². The predicted octanol–water partition coefficient (Wildman–Crippen LogP) is 2.22. The molecule has 4 heteroatoms. The van der Waals surface area contributed by atoms with Gasteiger partial charge in [0.15, 0.2) is 0 Å². The second-order valence-corrected chi connectivity index (χ2v) is 2.65. The summed E-state index contributed by atoms with van der Waals surface area (Å²) in [5.74, 6) is 0.561. The van der Waals surface area contributed by atoms with Crippen LogP contribution in [0.15, 0.2) is 23.4 Å². The maximum Gasteiger partial charge on any atom is 0.125 e. The molecule has 0 aliphatic rings. The zero-order chi connectivity index (χ0) is 10.4. The van der Waals surface area contributed by atoms with Crippen molar-refractivity contribution >= 4 is 0 Å². The molecule has 0 aliphatic heterocycles. The lowest BCUT2D eigenvalue weighted by Gasteiger charge is -2.07. The summed E-state index contributed by atoms with van der Waals surface area (Å²) < 4.78 is 5.28. The summed E-state index contributed by atoms with van der Waals surface area (Å²) in [6.07, 6.45) is 0.